The molecule has 1 fully saturated rings. The minimum atomic E-state index is -0.0769. The smallest absolute Gasteiger partial charge is 0.236 e. The van der Waals surface area contributed by atoms with Gasteiger partial charge in [0.05, 0.1) is 6.04 Å². The number of likely N-dealkylation sites (N-methyl/N-ethyl adjacent to an activating group) is 1. The lowest BCUT2D eigenvalue weighted by molar-refractivity contribution is -0.122. The molecule has 0 spiro atoms. The molecular weight excluding hydrogens is 188 g/mol. The first-order chi connectivity index (χ1) is 7.15. The summed E-state index contributed by atoms with van der Waals surface area (Å²) in [6, 6.07) is 0.379. The van der Waals surface area contributed by atoms with Gasteiger partial charge >= 0.3 is 0 Å². The fraction of sp³-hybridized carbons (Fsp3) is 0.917. The molecule has 0 aromatic heterocycles. The normalized spacial score (nSPS) is 22.1. The molecule has 1 amide bonds. The molecule has 0 aromatic carbocycles. The van der Waals surface area contributed by atoms with E-state index in [9.17, 15) is 4.79 Å². The summed E-state index contributed by atoms with van der Waals surface area (Å²) >= 11 is 0. The Morgan fingerprint density at radius 1 is 1.20 bits per heavy atom. The maximum absolute atomic E-state index is 11.4. The van der Waals surface area contributed by atoms with Gasteiger partial charge in [-0.15, -0.1) is 0 Å². The molecule has 3 nitrogen and oxygen atoms in total. The minimum Gasteiger partial charge on any atom is -0.358 e. The van der Waals surface area contributed by atoms with Crippen LogP contribution in [0, 0.1) is 5.92 Å². The molecule has 88 valence electrons. The van der Waals surface area contributed by atoms with Crippen molar-refractivity contribution in [2.45, 2.75) is 58.0 Å². The molecule has 1 aliphatic carbocycles. The second kappa shape index (κ2) is 6.11. The molecule has 0 radical (unpaired) electrons. The zero-order valence-electron chi connectivity index (χ0n) is 10.2. The molecule has 2 N–H and O–H groups in total. The summed E-state index contributed by atoms with van der Waals surface area (Å²) in [5.74, 6) is 0.837. The summed E-state index contributed by atoms with van der Waals surface area (Å²) < 4.78 is 0. The van der Waals surface area contributed by atoms with Gasteiger partial charge in [0.1, 0.15) is 0 Å². The maximum atomic E-state index is 11.4. The summed E-state index contributed by atoms with van der Waals surface area (Å²) in [6.07, 6.45) is 6.72. The van der Waals surface area contributed by atoms with Crippen LogP contribution in [-0.2, 0) is 4.79 Å². The Morgan fingerprint density at radius 2 is 1.80 bits per heavy atom. The molecule has 1 unspecified atom stereocenters. The van der Waals surface area contributed by atoms with Crippen molar-refractivity contribution >= 4 is 5.91 Å². The Morgan fingerprint density at radius 3 is 2.33 bits per heavy atom. The van der Waals surface area contributed by atoms with E-state index in [0.717, 1.165) is 5.92 Å². The van der Waals surface area contributed by atoms with E-state index >= 15 is 0 Å². The van der Waals surface area contributed by atoms with E-state index in [0.29, 0.717) is 6.04 Å². The number of carbonyl (C=O) groups excluding carboxylic acids is 1. The van der Waals surface area contributed by atoms with Crippen LogP contribution in [0.3, 0.4) is 0 Å². The largest absolute Gasteiger partial charge is 0.358 e. The number of rotatable bonds is 4. The van der Waals surface area contributed by atoms with Crippen LogP contribution in [0.1, 0.15) is 46.0 Å². The van der Waals surface area contributed by atoms with Gasteiger partial charge in [0, 0.05) is 13.1 Å². The van der Waals surface area contributed by atoms with Gasteiger partial charge in [-0.2, -0.15) is 0 Å². The van der Waals surface area contributed by atoms with E-state index in [2.05, 4.69) is 17.6 Å². The summed E-state index contributed by atoms with van der Waals surface area (Å²) in [4.78, 5) is 11.4. The van der Waals surface area contributed by atoms with E-state index in [4.69, 9.17) is 0 Å². The van der Waals surface area contributed by atoms with Crippen LogP contribution in [0.25, 0.3) is 0 Å². The molecule has 15 heavy (non-hydrogen) atoms. The molecule has 3 heteroatoms. The average molecular weight is 212 g/mol. The number of hydrogen-bond donors (Lipinski definition) is 2. The zero-order chi connectivity index (χ0) is 11.3. The highest BCUT2D eigenvalue weighted by Gasteiger charge is 2.22. The van der Waals surface area contributed by atoms with E-state index in [1.165, 1.54) is 32.1 Å². The Kier molecular flexibility index (Phi) is 5.09. The third-order valence-corrected chi connectivity index (χ3v) is 3.51. The standard InChI is InChI=1S/C12H24N2O/c1-9(11-7-5-4-6-8-11)14-10(2)12(15)13-3/h9-11,14H,4-8H2,1-3H3,(H,13,15)/t9-,10?/m1/s1. The van der Waals surface area contributed by atoms with Crippen molar-refractivity contribution in [2.24, 2.45) is 5.92 Å². The Bertz CT molecular complexity index is 200. The van der Waals surface area contributed by atoms with Crippen LogP contribution >= 0.6 is 0 Å². The van der Waals surface area contributed by atoms with Gasteiger partial charge in [-0.25, -0.2) is 0 Å². The minimum absolute atomic E-state index is 0.0769. The second-order valence-electron chi connectivity index (χ2n) is 4.69. The van der Waals surface area contributed by atoms with Crippen LogP contribution < -0.4 is 10.6 Å². The lowest BCUT2D eigenvalue weighted by atomic mass is 9.84. The van der Waals surface area contributed by atoms with Gasteiger partial charge in [-0.3, -0.25) is 4.79 Å². The molecule has 1 rings (SSSR count). The van der Waals surface area contributed by atoms with Gasteiger partial charge in [0.25, 0.3) is 0 Å². The number of hydrogen-bond acceptors (Lipinski definition) is 2. The molecule has 0 saturated heterocycles. The van der Waals surface area contributed by atoms with E-state index in [1.807, 2.05) is 6.92 Å². The Labute approximate surface area is 93.0 Å². The van der Waals surface area contributed by atoms with Crippen molar-refractivity contribution in [1.29, 1.82) is 0 Å². The maximum Gasteiger partial charge on any atom is 0.236 e. The predicted octanol–water partition coefficient (Wildman–Crippen LogP) is 1.68. The number of amides is 1. The van der Waals surface area contributed by atoms with Crippen LogP contribution in [0.15, 0.2) is 0 Å². The van der Waals surface area contributed by atoms with Crippen LogP contribution in [0.5, 0.6) is 0 Å². The first-order valence-electron chi connectivity index (χ1n) is 6.12. The molecular formula is C12H24N2O. The van der Waals surface area contributed by atoms with Crippen molar-refractivity contribution in [1.82, 2.24) is 10.6 Å². The van der Waals surface area contributed by atoms with Crippen molar-refractivity contribution in [2.75, 3.05) is 7.05 Å². The van der Waals surface area contributed by atoms with Gasteiger partial charge < -0.3 is 10.6 Å². The topological polar surface area (TPSA) is 41.1 Å². The molecule has 2 atom stereocenters. The first kappa shape index (κ1) is 12.5. The molecule has 1 saturated carbocycles. The summed E-state index contributed by atoms with van der Waals surface area (Å²) in [7, 11) is 1.69. The van der Waals surface area contributed by atoms with Gasteiger partial charge in [0.2, 0.25) is 5.91 Å². The fourth-order valence-electron chi connectivity index (χ4n) is 2.46. The van der Waals surface area contributed by atoms with E-state index < -0.39 is 0 Å². The number of carbonyl (C=O) groups is 1. The van der Waals surface area contributed by atoms with Crippen molar-refractivity contribution < 1.29 is 4.79 Å². The van der Waals surface area contributed by atoms with Gasteiger partial charge in [-0.05, 0) is 32.6 Å². The van der Waals surface area contributed by atoms with Gasteiger partial charge in [-0.1, -0.05) is 19.3 Å². The van der Waals surface area contributed by atoms with E-state index in [1.54, 1.807) is 7.05 Å². The summed E-state index contributed by atoms with van der Waals surface area (Å²) in [5, 5.41) is 6.06. The lowest BCUT2D eigenvalue weighted by Crippen LogP contribution is -2.47. The lowest BCUT2D eigenvalue weighted by Gasteiger charge is -2.30. The third-order valence-electron chi connectivity index (χ3n) is 3.51. The van der Waals surface area contributed by atoms with Gasteiger partial charge in [0.15, 0.2) is 0 Å². The molecule has 1 aliphatic rings. The van der Waals surface area contributed by atoms with Crippen LogP contribution in [0.2, 0.25) is 0 Å². The number of nitrogens with one attached hydrogen (secondary N) is 2. The second-order valence-corrected chi connectivity index (χ2v) is 4.69. The molecule has 0 aromatic rings. The summed E-state index contributed by atoms with van der Waals surface area (Å²) in [5.41, 5.74) is 0. The highest BCUT2D eigenvalue weighted by Crippen LogP contribution is 2.26. The molecule has 0 heterocycles. The van der Waals surface area contributed by atoms with Crippen molar-refractivity contribution in [3.8, 4) is 0 Å². The van der Waals surface area contributed by atoms with Crippen LogP contribution in [-0.4, -0.2) is 25.0 Å². The Hall–Kier alpha value is -0.570. The molecule has 0 bridgehead atoms. The summed E-state index contributed by atoms with van der Waals surface area (Å²) in [6.45, 7) is 4.13. The fourth-order valence-corrected chi connectivity index (χ4v) is 2.46. The first-order valence-corrected chi connectivity index (χ1v) is 6.12. The predicted molar refractivity (Wildman–Crippen MR) is 62.7 cm³/mol. The third kappa shape index (κ3) is 3.82. The Balaban J connectivity index is 2.33. The highest BCUT2D eigenvalue weighted by molar-refractivity contribution is 5.80. The van der Waals surface area contributed by atoms with Crippen molar-refractivity contribution in [3.05, 3.63) is 0 Å². The van der Waals surface area contributed by atoms with Crippen molar-refractivity contribution in [3.63, 3.8) is 0 Å². The monoisotopic (exact) mass is 212 g/mol. The molecule has 0 aliphatic heterocycles. The van der Waals surface area contributed by atoms with E-state index in [-0.39, 0.29) is 11.9 Å². The highest BCUT2D eigenvalue weighted by atomic mass is 16.2. The average Bonchev–Trinajstić information content (AvgIpc) is 2.29. The zero-order valence-corrected chi connectivity index (χ0v) is 10.2. The van der Waals surface area contributed by atoms with Crippen LogP contribution in [0.4, 0.5) is 0 Å². The SMILES string of the molecule is CNC(=O)C(C)N[C@H](C)C1CCCCC1. The quantitative estimate of drug-likeness (QED) is 0.744.